The Labute approximate surface area is 218 Å². The van der Waals surface area contributed by atoms with Gasteiger partial charge >= 0.3 is 11.9 Å². The van der Waals surface area contributed by atoms with Gasteiger partial charge in [0.2, 0.25) is 0 Å². The Balaban J connectivity index is 1.62. The first-order chi connectivity index (χ1) is 16.7. The fourth-order valence-electron chi connectivity index (χ4n) is 9.90. The fourth-order valence-corrected chi connectivity index (χ4v) is 9.90. The molecule has 0 amide bonds. The van der Waals surface area contributed by atoms with Crippen molar-refractivity contribution >= 4 is 11.9 Å². The minimum atomic E-state index is -0.373. The number of rotatable bonds is 6. The van der Waals surface area contributed by atoms with Gasteiger partial charge in [-0.2, -0.15) is 0 Å². The van der Waals surface area contributed by atoms with E-state index in [0.717, 1.165) is 44.9 Å². The molecular weight excluding hydrogens is 452 g/mol. The summed E-state index contributed by atoms with van der Waals surface area (Å²) in [4.78, 5) is 23.5. The maximum absolute atomic E-state index is 11.8. The number of hydrogen-bond acceptors (Lipinski definition) is 5. The van der Waals surface area contributed by atoms with Gasteiger partial charge in [-0.25, -0.2) is 0 Å². The molecule has 0 aromatic heterocycles. The van der Waals surface area contributed by atoms with Crippen molar-refractivity contribution in [1.82, 2.24) is 0 Å². The highest BCUT2D eigenvalue weighted by atomic mass is 16.5. The molecule has 3 saturated carbocycles. The number of carbonyl (C=O) groups is 2. The van der Waals surface area contributed by atoms with Crippen molar-refractivity contribution in [2.75, 3.05) is 7.11 Å². The molecule has 5 heteroatoms. The second-order valence-corrected chi connectivity index (χ2v) is 14.0. The molecule has 36 heavy (non-hydrogen) atoms. The lowest BCUT2D eigenvalue weighted by molar-refractivity contribution is -0.179. The number of hydrogen-bond donors (Lipinski definition) is 1. The quantitative estimate of drug-likeness (QED) is 0.333. The molecule has 204 valence electrons. The second kappa shape index (κ2) is 9.43. The lowest BCUT2D eigenvalue weighted by Crippen LogP contribution is -2.61. The zero-order valence-corrected chi connectivity index (χ0v) is 24.0. The van der Waals surface area contributed by atoms with Crippen LogP contribution in [0.3, 0.4) is 0 Å². The van der Waals surface area contributed by atoms with Crippen molar-refractivity contribution < 1.29 is 24.2 Å². The van der Waals surface area contributed by atoms with E-state index in [1.54, 1.807) is 0 Å². The zero-order chi connectivity index (χ0) is 26.7. The highest BCUT2D eigenvalue weighted by Gasteiger charge is 2.67. The summed E-state index contributed by atoms with van der Waals surface area (Å²) in [6.45, 7) is 15.7. The molecule has 0 saturated heterocycles. The summed E-state index contributed by atoms with van der Waals surface area (Å²) in [7, 11) is 1.46. The third-order valence-electron chi connectivity index (χ3n) is 12.1. The van der Waals surface area contributed by atoms with E-state index in [9.17, 15) is 14.7 Å². The van der Waals surface area contributed by atoms with E-state index in [0.29, 0.717) is 18.3 Å². The molecule has 0 bridgehead atoms. The zero-order valence-electron chi connectivity index (χ0n) is 24.0. The molecule has 9 atom stereocenters. The Morgan fingerprint density at radius 2 is 1.81 bits per heavy atom. The van der Waals surface area contributed by atoms with Crippen LogP contribution in [0, 0.1) is 45.3 Å². The maximum atomic E-state index is 11.8. The van der Waals surface area contributed by atoms with E-state index in [1.807, 2.05) is 0 Å². The van der Waals surface area contributed by atoms with Crippen molar-refractivity contribution in [2.45, 2.75) is 118 Å². The summed E-state index contributed by atoms with van der Waals surface area (Å²) in [6.07, 6.45) is 10.5. The Hall–Kier alpha value is -1.36. The minimum absolute atomic E-state index is 0.0264. The molecule has 4 aliphatic carbocycles. The molecule has 4 aliphatic rings. The standard InChI is InChI=1S/C31H50O5/c1-19(10-9-11-26(34)35-8)21-12-17-31(7)27-22(13-16-30(21,31)6)29(5)15-14-25(36-20(2)32)28(3,4)24(29)18-23(27)33/h13,19,21,23-25,27,33H,9-12,14-18H2,1-8H3/t19-,21-,23?,24+,25+,27?,29-,30-,31+/m1/s1. The lowest BCUT2D eigenvalue weighted by atomic mass is 9.40. The van der Waals surface area contributed by atoms with Gasteiger partial charge < -0.3 is 14.6 Å². The number of fused-ring (bicyclic) bond motifs is 5. The van der Waals surface area contributed by atoms with Crippen LogP contribution in [-0.2, 0) is 19.1 Å². The SMILES string of the molecule is COC(=O)CCC[C@@H](C)[C@H]1CC[C@@]2(C)C3C(=CC[C@]12C)[C@@]1(C)CC[C@H](OC(C)=O)C(C)(C)[C@@H]1CC3O. The van der Waals surface area contributed by atoms with E-state index < -0.39 is 0 Å². The van der Waals surface area contributed by atoms with E-state index >= 15 is 0 Å². The Kier molecular flexibility index (Phi) is 7.25. The number of methoxy groups -OCH3 is 1. The summed E-state index contributed by atoms with van der Waals surface area (Å²) in [5.74, 6) is 1.28. The summed E-state index contributed by atoms with van der Waals surface area (Å²) in [5, 5.41) is 11.8. The third kappa shape index (κ3) is 4.07. The van der Waals surface area contributed by atoms with Gasteiger partial charge in [0.1, 0.15) is 6.10 Å². The van der Waals surface area contributed by atoms with Crippen LogP contribution >= 0.6 is 0 Å². The molecule has 0 heterocycles. The normalized spacial score (nSPS) is 43.9. The van der Waals surface area contributed by atoms with Gasteiger partial charge in [-0.1, -0.05) is 53.2 Å². The molecule has 0 aliphatic heterocycles. The summed E-state index contributed by atoms with van der Waals surface area (Å²) >= 11 is 0. The van der Waals surface area contributed by atoms with Crippen molar-refractivity contribution in [3.05, 3.63) is 11.6 Å². The molecule has 0 aromatic carbocycles. The number of aliphatic hydroxyl groups is 1. The van der Waals surface area contributed by atoms with Crippen LogP contribution in [0.1, 0.15) is 106 Å². The van der Waals surface area contributed by atoms with Gasteiger partial charge in [-0.15, -0.1) is 0 Å². The molecule has 5 nitrogen and oxygen atoms in total. The Morgan fingerprint density at radius 1 is 1.11 bits per heavy atom. The predicted octanol–water partition coefficient (Wildman–Crippen LogP) is 6.47. The van der Waals surface area contributed by atoms with Crippen LogP contribution < -0.4 is 0 Å². The van der Waals surface area contributed by atoms with Crippen molar-refractivity contribution in [3.63, 3.8) is 0 Å². The lowest BCUT2D eigenvalue weighted by Gasteiger charge is -2.65. The van der Waals surface area contributed by atoms with Crippen LogP contribution in [0.4, 0.5) is 0 Å². The monoisotopic (exact) mass is 502 g/mol. The predicted molar refractivity (Wildman–Crippen MR) is 141 cm³/mol. The van der Waals surface area contributed by atoms with Gasteiger partial charge in [-0.3, -0.25) is 9.59 Å². The van der Waals surface area contributed by atoms with E-state index in [4.69, 9.17) is 9.47 Å². The van der Waals surface area contributed by atoms with E-state index in [2.05, 4.69) is 47.6 Å². The Morgan fingerprint density at radius 3 is 2.44 bits per heavy atom. The molecule has 0 radical (unpaired) electrons. The van der Waals surface area contributed by atoms with Crippen molar-refractivity contribution in [3.8, 4) is 0 Å². The van der Waals surface area contributed by atoms with Gasteiger partial charge in [0.05, 0.1) is 13.2 Å². The molecule has 4 rings (SSSR count). The van der Waals surface area contributed by atoms with Gasteiger partial charge in [0.25, 0.3) is 0 Å². The Bertz CT molecular complexity index is 907. The van der Waals surface area contributed by atoms with Crippen molar-refractivity contribution in [1.29, 1.82) is 0 Å². The fraction of sp³-hybridized carbons (Fsp3) is 0.871. The van der Waals surface area contributed by atoms with Crippen LogP contribution in [0.15, 0.2) is 11.6 Å². The highest BCUT2D eigenvalue weighted by Crippen LogP contribution is 2.73. The first-order valence-electron chi connectivity index (χ1n) is 14.3. The summed E-state index contributed by atoms with van der Waals surface area (Å²) in [6, 6.07) is 0. The van der Waals surface area contributed by atoms with Crippen LogP contribution in [0.2, 0.25) is 0 Å². The van der Waals surface area contributed by atoms with Crippen LogP contribution in [0.5, 0.6) is 0 Å². The average molecular weight is 503 g/mol. The summed E-state index contributed by atoms with van der Waals surface area (Å²) in [5.41, 5.74) is 1.53. The minimum Gasteiger partial charge on any atom is -0.469 e. The summed E-state index contributed by atoms with van der Waals surface area (Å²) < 4.78 is 10.6. The smallest absolute Gasteiger partial charge is 0.305 e. The van der Waals surface area contributed by atoms with Crippen molar-refractivity contribution in [2.24, 2.45) is 45.3 Å². The first-order valence-corrected chi connectivity index (χ1v) is 14.3. The first kappa shape index (κ1) is 27.7. The second-order valence-electron chi connectivity index (χ2n) is 14.0. The molecule has 2 unspecified atom stereocenters. The average Bonchev–Trinajstić information content (AvgIpc) is 3.08. The number of esters is 2. The van der Waals surface area contributed by atoms with Crippen LogP contribution in [0.25, 0.3) is 0 Å². The number of carbonyl (C=O) groups excluding carboxylic acids is 2. The largest absolute Gasteiger partial charge is 0.469 e. The number of allylic oxidation sites excluding steroid dienone is 1. The van der Waals surface area contributed by atoms with Gasteiger partial charge in [0, 0.05) is 24.7 Å². The third-order valence-corrected chi connectivity index (χ3v) is 12.1. The number of ether oxygens (including phenoxy) is 2. The topological polar surface area (TPSA) is 72.8 Å². The maximum Gasteiger partial charge on any atom is 0.305 e. The molecule has 0 spiro atoms. The highest BCUT2D eigenvalue weighted by molar-refractivity contribution is 5.69. The van der Waals surface area contributed by atoms with E-state index in [-0.39, 0.29) is 57.6 Å². The van der Waals surface area contributed by atoms with E-state index in [1.165, 1.54) is 26.0 Å². The molecule has 0 aromatic rings. The van der Waals surface area contributed by atoms with Crippen LogP contribution in [-0.4, -0.2) is 36.4 Å². The number of aliphatic hydroxyl groups excluding tert-OH is 1. The van der Waals surface area contributed by atoms with Gasteiger partial charge in [0.15, 0.2) is 0 Å². The molecule has 1 N–H and O–H groups in total. The molecular formula is C31H50O5. The molecule has 3 fully saturated rings. The van der Waals surface area contributed by atoms with Gasteiger partial charge in [-0.05, 0) is 85.4 Å².